The van der Waals surface area contributed by atoms with Crippen LogP contribution in [0.25, 0.3) is 0 Å². The molecular weight excluding hydrogens is 326 g/mol. The number of nitrogens with one attached hydrogen (secondary N) is 1. The summed E-state index contributed by atoms with van der Waals surface area (Å²) in [5.41, 5.74) is 3.15. The van der Waals surface area contributed by atoms with Gasteiger partial charge in [-0.25, -0.2) is 0 Å². The maximum absolute atomic E-state index is 12.1. The van der Waals surface area contributed by atoms with Gasteiger partial charge in [-0.1, -0.05) is 6.07 Å². The molecule has 2 rings (SSSR count). The molecule has 1 heterocycles. The quantitative estimate of drug-likeness (QED) is 0.852. The molecule has 1 amide bonds. The lowest BCUT2D eigenvalue weighted by Crippen LogP contribution is -2.11. The number of rotatable bonds is 2. The van der Waals surface area contributed by atoms with Crippen LogP contribution in [0, 0.1) is 20.8 Å². The van der Waals surface area contributed by atoms with Crippen LogP contribution in [-0.2, 0) is 0 Å². The van der Waals surface area contributed by atoms with Crippen molar-refractivity contribution < 1.29 is 9.90 Å². The fourth-order valence-corrected chi connectivity index (χ4v) is 3.16. The van der Waals surface area contributed by atoms with Crippen LogP contribution in [0.15, 0.2) is 22.0 Å². The molecule has 100 valence electrons. The summed E-state index contributed by atoms with van der Waals surface area (Å²) in [7, 11) is 0. The van der Waals surface area contributed by atoms with E-state index < -0.39 is 0 Å². The van der Waals surface area contributed by atoms with Gasteiger partial charge < -0.3 is 10.4 Å². The van der Waals surface area contributed by atoms with Gasteiger partial charge in [0.05, 0.1) is 8.66 Å². The summed E-state index contributed by atoms with van der Waals surface area (Å²) < 4.78 is 0.959. The van der Waals surface area contributed by atoms with E-state index in [0.29, 0.717) is 16.1 Å². The number of hydrogen-bond donors (Lipinski definition) is 2. The summed E-state index contributed by atoms with van der Waals surface area (Å²) in [6, 6.07) is 5.43. The van der Waals surface area contributed by atoms with Crippen LogP contribution in [0.3, 0.4) is 0 Å². The molecule has 3 nitrogen and oxygen atoms in total. The first kappa shape index (κ1) is 14.1. The number of carbonyl (C=O) groups is 1. The fraction of sp³-hybridized carbons (Fsp3) is 0.214. The molecule has 0 aliphatic heterocycles. The second kappa shape index (κ2) is 5.35. The van der Waals surface area contributed by atoms with Crippen LogP contribution >= 0.6 is 27.3 Å². The van der Waals surface area contributed by atoms with Crippen molar-refractivity contribution in [3.63, 3.8) is 0 Å². The standard InChI is InChI=1S/C14H14BrNO2S/c1-7-4-5-10(9(3)12(7)17)16-14(18)11-6-8(2)13(15)19-11/h4-6,17H,1-3H3,(H,16,18). The van der Waals surface area contributed by atoms with Crippen molar-refractivity contribution >= 4 is 38.9 Å². The minimum absolute atomic E-state index is 0.162. The molecule has 0 aliphatic rings. The Balaban J connectivity index is 2.27. The lowest BCUT2D eigenvalue weighted by Gasteiger charge is -2.10. The Labute approximate surface area is 124 Å². The van der Waals surface area contributed by atoms with E-state index >= 15 is 0 Å². The maximum Gasteiger partial charge on any atom is 0.265 e. The molecule has 0 aliphatic carbocycles. The van der Waals surface area contributed by atoms with E-state index in [4.69, 9.17) is 0 Å². The summed E-state index contributed by atoms with van der Waals surface area (Å²) in [6.07, 6.45) is 0. The Bertz CT molecular complexity index is 630. The number of halogens is 1. The number of thiophene rings is 1. The van der Waals surface area contributed by atoms with Crippen molar-refractivity contribution in [2.24, 2.45) is 0 Å². The lowest BCUT2D eigenvalue weighted by molar-refractivity contribution is 0.103. The molecular formula is C14H14BrNO2S. The van der Waals surface area contributed by atoms with Crippen molar-refractivity contribution in [2.45, 2.75) is 20.8 Å². The molecule has 0 bridgehead atoms. The molecule has 0 spiro atoms. The van der Waals surface area contributed by atoms with Crippen molar-refractivity contribution in [3.8, 4) is 5.75 Å². The summed E-state index contributed by atoms with van der Waals surface area (Å²) in [5, 5.41) is 12.7. The number of amides is 1. The van der Waals surface area contributed by atoms with Gasteiger partial charge in [0.2, 0.25) is 0 Å². The SMILES string of the molecule is Cc1cc(C(=O)Nc2ccc(C)c(O)c2C)sc1Br. The molecule has 2 N–H and O–H groups in total. The van der Waals surface area contributed by atoms with Crippen molar-refractivity contribution in [1.29, 1.82) is 0 Å². The number of carbonyl (C=O) groups excluding carboxylic acids is 1. The van der Waals surface area contributed by atoms with Gasteiger partial charge in [-0.15, -0.1) is 11.3 Å². The van der Waals surface area contributed by atoms with Gasteiger partial charge in [-0.05, 0) is 60.0 Å². The zero-order chi connectivity index (χ0) is 14.2. The van der Waals surface area contributed by atoms with Gasteiger partial charge in [0.25, 0.3) is 5.91 Å². The molecule has 0 fully saturated rings. The van der Waals surface area contributed by atoms with Crippen LogP contribution in [0.5, 0.6) is 5.75 Å². The van der Waals surface area contributed by atoms with Gasteiger partial charge in [-0.2, -0.15) is 0 Å². The molecule has 0 saturated heterocycles. The highest BCUT2D eigenvalue weighted by molar-refractivity contribution is 9.11. The first-order valence-corrected chi connectivity index (χ1v) is 7.37. The minimum atomic E-state index is -0.162. The van der Waals surface area contributed by atoms with Crippen molar-refractivity contribution in [1.82, 2.24) is 0 Å². The van der Waals surface area contributed by atoms with E-state index in [9.17, 15) is 9.90 Å². The number of aromatic hydroxyl groups is 1. The highest BCUT2D eigenvalue weighted by Gasteiger charge is 2.14. The van der Waals surface area contributed by atoms with Crippen LogP contribution < -0.4 is 5.32 Å². The second-order valence-electron chi connectivity index (χ2n) is 4.43. The molecule has 5 heteroatoms. The third kappa shape index (κ3) is 2.82. The van der Waals surface area contributed by atoms with Crippen LogP contribution in [-0.4, -0.2) is 11.0 Å². The van der Waals surface area contributed by atoms with E-state index in [1.165, 1.54) is 11.3 Å². The van der Waals surface area contributed by atoms with Crippen molar-refractivity contribution in [2.75, 3.05) is 5.32 Å². The number of anilines is 1. The smallest absolute Gasteiger partial charge is 0.265 e. The molecule has 0 saturated carbocycles. The third-order valence-corrected chi connectivity index (χ3v) is 5.10. The van der Waals surface area contributed by atoms with Gasteiger partial charge in [0.1, 0.15) is 5.75 Å². The first-order chi connectivity index (χ1) is 8.90. The average Bonchev–Trinajstić information content (AvgIpc) is 2.70. The Morgan fingerprint density at radius 1 is 1.26 bits per heavy atom. The summed E-state index contributed by atoms with van der Waals surface area (Å²) in [6.45, 7) is 5.56. The lowest BCUT2D eigenvalue weighted by atomic mass is 10.1. The normalized spacial score (nSPS) is 10.5. The molecule has 1 aromatic heterocycles. The van der Waals surface area contributed by atoms with E-state index in [0.717, 1.165) is 14.9 Å². The minimum Gasteiger partial charge on any atom is -0.507 e. The van der Waals surface area contributed by atoms with E-state index in [1.54, 1.807) is 19.1 Å². The second-order valence-corrected chi connectivity index (χ2v) is 6.80. The van der Waals surface area contributed by atoms with Gasteiger partial charge in [0.15, 0.2) is 0 Å². The number of phenolic OH excluding ortho intramolecular Hbond substituents is 1. The Hall–Kier alpha value is -1.33. The topological polar surface area (TPSA) is 49.3 Å². The average molecular weight is 340 g/mol. The molecule has 0 atom stereocenters. The predicted molar refractivity (Wildman–Crippen MR) is 82.3 cm³/mol. The fourth-order valence-electron chi connectivity index (χ4n) is 1.73. The maximum atomic E-state index is 12.1. The summed E-state index contributed by atoms with van der Waals surface area (Å²) in [5.74, 6) is 0.0616. The van der Waals surface area contributed by atoms with E-state index in [-0.39, 0.29) is 11.7 Å². The summed E-state index contributed by atoms with van der Waals surface area (Å²) in [4.78, 5) is 12.8. The van der Waals surface area contributed by atoms with Gasteiger partial charge in [0, 0.05) is 11.3 Å². The number of aryl methyl sites for hydroxylation is 2. The largest absolute Gasteiger partial charge is 0.507 e. The number of benzene rings is 1. The summed E-state index contributed by atoms with van der Waals surface area (Å²) >= 11 is 4.80. The molecule has 0 unspecified atom stereocenters. The van der Waals surface area contributed by atoms with E-state index in [2.05, 4.69) is 21.2 Å². The highest BCUT2D eigenvalue weighted by atomic mass is 79.9. The number of hydrogen-bond acceptors (Lipinski definition) is 3. The molecule has 19 heavy (non-hydrogen) atoms. The van der Waals surface area contributed by atoms with Crippen molar-refractivity contribution in [3.05, 3.63) is 43.6 Å². The van der Waals surface area contributed by atoms with Crippen LogP contribution in [0.2, 0.25) is 0 Å². The third-order valence-electron chi connectivity index (χ3n) is 2.96. The Kier molecular flexibility index (Phi) is 3.96. The Morgan fingerprint density at radius 2 is 1.95 bits per heavy atom. The monoisotopic (exact) mass is 339 g/mol. The zero-order valence-corrected chi connectivity index (χ0v) is 13.3. The van der Waals surface area contributed by atoms with Crippen LogP contribution in [0.1, 0.15) is 26.4 Å². The molecule has 0 radical (unpaired) electrons. The molecule has 2 aromatic rings. The highest BCUT2D eigenvalue weighted by Crippen LogP contribution is 2.30. The predicted octanol–water partition coefficient (Wildman–Crippen LogP) is 4.39. The molecule has 1 aromatic carbocycles. The zero-order valence-electron chi connectivity index (χ0n) is 10.9. The van der Waals surface area contributed by atoms with Gasteiger partial charge in [-0.3, -0.25) is 4.79 Å². The first-order valence-electron chi connectivity index (χ1n) is 5.76. The van der Waals surface area contributed by atoms with Gasteiger partial charge >= 0.3 is 0 Å². The Morgan fingerprint density at radius 3 is 2.53 bits per heavy atom. The van der Waals surface area contributed by atoms with E-state index in [1.807, 2.05) is 19.9 Å². The number of phenols is 1. The van der Waals surface area contributed by atoms with Crippen LogP contribution in [0.4, 0.5) is 5.69 Å².